The molecule has 1 aromatic rings. The number of aromatic amines is 1. The Labute approximate surface area is 91.4 Å². The van der Waals surface area contributed by atoms with E-state index in [1.54, 1.807) is 4.90 Å². The molecule has 0 radical (unpaired) electrons. The summed E-state index contributed by atoms with van der Waals surface area (Å²) in [6.07, 6.45) is 0.772. The van der Waals surface area contributed by atoms with E-state index >= 15 is 0 Å². The molecule has 2 heterocycles. The van der Waals surface area contributed by atoms with Crippen LogP contribution in [0.15, 0.2) is 12.1 Å². The molecular formula is C9H12N4O3. The molecule has 16 heavy (non-hydrogen) atoms. The first kappa shape index (κ1) is 10.6. The predicted molar refractivity (Wildman–Crippen MR) is 55.9 cm³/mol. The number of H-pyrrole nitrogens is 1. The van der Waals surface area contributed by atoms with Gasteiger partial charge < -0.3 is 20.7 Å². The van der Waals surface area contributed by atoms with Gasteiger partial charge in [-0.15, -0.1) is 0 Å². The number of nitrogens with two attached hydrogens (primary N) is 1. The highest BCUT2D eigenvalue weighted by Crippen LogP contribution is 2.15. The third kappa shape index (κ3) is 1.89. The average Bonchev–Trinajstić information content (AvgIpc) is 2.84. The number of likely N-dealkylation sites (tertiary alicyclic amines) is 1. The summed E-state index contributed by atoms with van der Waals surface area (Å²) in [7, 11) is 0. The van der Waals surface area contributed by atoms with Crippen LogP contribution in [0.5, 0.6) is 0 Å². The lowest BCUT2D eigenvalue weighted by atomic mass is 10.3. The first-order chi connectivity index (χ1) is 7.58. The summed E-state index contributed by atoms with van der Waals surface area (Å²) >= 11 is 0. The van der Waals surface area contributed by atoms with Crippen LogP contribution in [0.3, 0.4) is 0 Å². The van der Waals surface area contributed by atoms with Crippen molar-refractivity contribution < 1.29 is 9.72 Å². The van der Waals surface area contributed by atoms with Gasteiger partial charge >= 0.3 is 5.82 Å². The van der Waals surface area contributed by atoms with Gasteiger partial charge in [0.15, 0.2) is 5.69 Å². The standard InChI is InChI=1S/C9H12N4O3/c10-6-3-4-12(5-6)9(14)7-1-2-8(11-7)13(15)16/h1-2,6,11H,3-5,10H2. The van der Waals surface area contributed by atoms with Crippen LogP contribution in [0.1, 0.15) is 16.9 Å². The Bertz CT molecular complexity index is 428. The molecule has 1 atom stereocenters. The van der Waals surface area contributed by atoms with Crippen LogP contribution < -0.4 is 5.73 Å². The third-order valence-corrected chi connectivity index (χ3v) is 2.61. The number of rotatable bonds is 2. The number of nitro groups is 1. The molecule has 86 valence electrons. The molecule has 1 fully saturated rings. The minimum Gasteiger partial charge on any atom is -0.358 e. The predicted octanol–water partition coefficient (Wildman–Crippen LogP) is 0.0961. The number of nitrogens with zero attached hydrogens (tertiary/aromatic N) is 2. The quantitative estimate of drug-likeness (QED) is 0.548. The number of amides is 1. The highest BCUT2D eigenvalue weighted by Gasteiger charge is 2.27. The molecule has 0 saturated carbocycles. The second-order valence-electron chi connectivity index (χ2n) is 3.81. The summed E-state index contributed by atoms with van der Waals surface area (Å²) in [6, 6.07) is 2.71. The molecule has 0 aliphatic carbocycles. The zero-order valence-corrected chi connectivity index (χ0v) is 8.55. The first-order valence-electron chi connectivity index (χ1n) is 4.96. The molecule has 3 N–H and O–H groups in total. The number of carbonyl (C=O) groups excluding carboxylic acids is 1. The smallest absolute Gasteiger partial charge is 0.321 e. The molecule has 1 aromatic heterocycles. The van der Waals surface area contributed by atoms with Gasteiger partial charge in [0.1, 0.15) is 0 Å². The summed E-state index contributed by atoms with van der Waals surface area (Å²) in [5.41, 5.74) is 5.92. The van der Waals surface area contributed by atoms with Crippen molar-refractivity contribution in [3.63, 3.8) is 0 Å². The van der Waals surface area contributed by atoms with Gasteiger partial charge in [-0.2, -0.15) is 0 Å². The molecule has 0 bridgehead atoms. The average molecular weight is 224 g/mol. The van der Waals surface area contributed by atoms with Crippen molar-refractivity contribution in [2.45, 2.75) is 12.5 Å². The Morgan fingerprint density at radius 3 is 2.88 bits per heavy atom. The molecule has 7 heteroatoms. The first-order valence-corrected chi connectivity index (χ1v) is 4.96. The molecule has 1 aliphatic rings. The van der Waals surface area contributed by atoms with Crippen LogP contribution in [-0.2, 0) is 0 Å². The fourth-order valence-electron chi connectivity index (χ4n) is 1.76. The Balaban J connectivity index is 2.11. The molecular weight excluding hydrogens is 212 g/mol. The van der Waals surface area contributed by atoms with E-state index in [0.717, 1.165) is 6.42 Å². The molecule has 1 amide bonds. The second-order valence-corrected chi connectivity index (χ2v) is 3.81. The van der Waals surface area contributed by atoms with E-state index in [4.69, 9.17) is 5.73 Å². The third-order valence-electron chi connectivity index (χ3n) is 2.61. The minimum absolute atomic E-state index is 0.00824. The van der Waals surface area contributed by atoms with E-state index in [1.165, 1.54) is 12.1 Å². The number of hydrogen-bond acceptors (Lipinski definition) is 4. The topological polar surface area (TPSA) is 105 Å². The number of hydrogen-bond donors (Lipinski definition) is 2. The second kappa shape index (κ2) is 3.93. The Morgan fingerprint density at radius 1 is 1.62 bits per heavy atom. The van der Waals surface area contributed by atoms with Crippen molar-refractivity contribution in [3.8, 4) is 0 Å². The van der Waals surface area contributed by atoms with E-state index in [-0.39, 0.29) is 23.5 Å². The van der Waals surface area contributed by atoms with Crippen molar-refractivity contribution in [1.82, 2.24) is 9.88 Å². The Morgan fingerprint density at radius 2 is 2.38 bits per heavy atom. The van der Waals surface area contributed by atoms with Gasteiger partial charge in [-0.3, -0.25) is 4.79 Å². The maximum atomic E-state index is 11.8. The maximum absolute atomic E-state index is 11.8. The molecule has 0 aromatic carbocycles. The van der Waals surface area contributed by atoms with Gasteiger partial charge in [-0.25, -0.2) is 4.98 Å². The minimum atomic E-state index is -0.563. The van der Waals surface area contributed by atoms with Crippen LogP contribution in [-0.4, -0.2) is 39.8 Å². The SMILES string of the molecule is NC1CCN(C(=O)c2ccc([N+](=O)[O-])[nH]2)C1. The van der Waals surface area contributed by atoms with E-state index in [9.17, 15) is 14.9 Å². The van der Waals surface area contributed by atoms with Crippen LogP contribution in [0.25, 0.3) is 0 Å². The van der Waals surface area contributed by atoms with E-state index in [2.05, 4.69) is 4.98 Å². The molecule has 1 unspecified atom stereocenters. The Hall–Kier alpha value is -1.89. The van der Waals surface area contributed by atoms with E-state index in [1.807, 2.05) is 0 Å². The fourth-order valence-corrected chi connectivity index (χ4v) is 1.76. The summed E-state index contributed by atoms with van der Waals surface area (Å²) in [4.78, 5) is 25.8. The molecule has 2 rings (SSSR count). The van der Waals surface area contributed by atoms with Gasteiger partial charge in [-0.05, 0) is 17.4 Å². The van der Waals surface area contributed by atoms with Crippen LogP contribution in [0, 0.1) is 10.1 Å². The van der Waals surface area contributed by atoms with Crippen molar-refractivity contribution in [3.05, 3.63) is 27.9 Å². The van der Waals surface area contributed by atoms with Gasteiger partial charge in [0, 0.05) is 25.2 Å². The maximum Gasteiger partial charge on any atom is 0.321 e. The van der Waals surface area contributed by atoms with Gasteiger partial charge in [0.2, 0.25) is 0 Å². The number of carbonyl (C=O) groups is 1. The highest BCUT2D eigenvalue weighted by molar-refractivity contribution is 5.93. The highest BCUT2D eigenvalue weighted by atomic mass is 16.6. The molecule has 7 nitrogen and oxygen atoms in total. The molecule has 1 saturated heterocycles. The van der Waals surface area contributed by atoms with Crippen molar-refractivity contribution in [2.75, 3.05) is 13.1 Å². The zero-order chi connectivity index (χ0) is 11.7. The van der Waals surface area contributed by atoms with Crippen molar-refractivity contribution in [1.29, 1.82) is 0 Å². The largest absolute Gasteiger partial charge is 0.358 e. The van der Waals surface area contributed by atoms with Crippen LogP contribution in [0.2, 0.25) is 0 Å². The number of aromatic nitrogens is 1. The monoisotopic (exact) mass is 224 g/mol. The normalized spacial score (nSPS) is 20.1. The lowest BCUT2D eigenvalue weighted by molar-refractivity contribution is -0.389. The fraction of sp³-hybridized carbons (Fsp3) is 0.444. The lowest BCUT2D eigenvalue weighted by Crippen LogP contribution is -2.32. The lowest BCUT2D eigenvalue weighted by Gasteiger charge is -2.12. The number of nitrogens with one attached hydrogen (secondary N) is 1. The molecule has 0 spiro atoms. The van der Waals surface area contributed by atoms with Gasteiger partial charge in [0.25, 0.3) is 5.91 Å². The van der Waals surface area contributed by atoms with Gasteiger partial charge in [0.05, 0.1) is 0 Å². The van der Waals surface area contributed by atoms with Gasteiger partial charge in [-0.1, -0.05) is 0 Å². The summed E-state index contributed by atoms with van der Waals surface area (Å²) in [6.45, 7) is 1.11. The summed E-state index contributed by atoms with van der Waals surface area (Å²) < 4.78 is 0. The summed E-state index contributed by atoms with van der Waals surface area (Å²) in [5, 5.41) is 10.4. The zero-order valence-electron chi connectivity index (χ0n) is 8.55. The van der Waals surface area contributed by atoms with E-state index < -0.39 is 4.92 Å². The summed E-state index contributed by atoms with van der Waals surface area (Å²) in [5.74, 6) is -0.409. The Kier molecular flexibility index (Phi) is 2.61. The van der Waals surface area contributed by atoms with Crippen LogP contribution in [0.4, 0.5) is 5.82 Å². The van der Waals surface area contributed by atoms with E-state index in [0.29, 0.717) is 13.1 Å². The van der Waals surface area contributed by atoms with Crippen LogP contribution >= 0.6 is 0 Å². The van der Waals surface area contributed by atoms with Crippen molar-refractivity contribution in [2.24, 2.45) is 5.73 Å². The molecule has 1 aliphatic heterocycles. The van der Waals surface area contributed by atoms with Crippen molar-refractivity contribution >= 4 is 11.7 Å².